The van der Waals surface area contributed by atoms with Gasteiger partial charge in [-0.3, -0.25) is 0 Å². The summed E-state index contributed by atoms with van der Waals surface area (Å²) in [6, 6.07) is 5.24. The van der Waals surface area contributed by atoms with Gasteiger partial charge in [0.2, 0.25) is 0 Å². The third-order valence-electron chi connectivity index (χ3n) is 2.20. The largest absolute Gasteiger partial charge is 0.478 e. The van der Waals surface area contributed by atoms with Gasteiger partial charge in [0.15, 0.2) is 0 Å². The molecular weight excluding hydrogens is 202 g/mol. The van der Waals surface area contributed by atoms with Gasteiger partial charge in [-0.15, -0.1) is 0 Å². The molecule has 3 heteroatoms. The smallest absolute Gasteiger partial charge is 0.335 e. The second-order valence-corrected chi connectivity index (χ2v) is 3.49. The summed E-state index contributed by atoms with van der Waals surface area (Å²) >= 11 is 0. The van der Waals surface area contributed by atoms with Gasteiger partial charge in [-0.1, -0.05) is 17.9 Å². The Hall–Kier alpha value is -1.79. The van der Waals surface area contributed by atoms with E-state index in [1.165, 1.54) is 0 Å². The molecule has 0 atom stereocenters. The number of benzene rings is 1. The van der Waals surface area contributed by atoms with E-state index in [1.807, 2.05) is 13.1 Å². The van der Waals surface area contributed by atoms with E-state index in [-0.39, 0.29) is 0 Å². The van der Waals surface area contributed by atoms with E-state index in [4.69, 9.17) is 5.11 Å². The molecule has 0 saturated heterocycles. The third kappa shape index (κ3) is 3.41. The maximum absolute atomic E-state index is 10.9. The normalized spacial score (nSPS) is 9.38. The van der Waals surface area contributed by atoms with Crippen LogP contribution in [0.5, 0.6) is 0 Å². The van der Waals surface area contributed by atoms with Gasteiger partial charge in [0.1, 0.15) is 0 Å². The maximum Gasteiger partial charge on any atom is 0.335 e. The molecule has 0 aromatic heterocycles. The summed E-state index contributed by atoms with van der Waals surface area (Å²) in [5.74, 6) is 5.03. The summed E-state index contributed by atoms with van der Waals surface area (Å²) in [5, 5.41) is 11.9. The Kier molecular flexibility index (Phi) is 4.56. The van der Waals surface area contributed by atoms with Gasteiger partial charge in [0.25, 0.3) is 0 Å². The van der Waals surface area contributed by atoms with Crippen LogP contribution >= 0.6 is 0 Å². The van der Waals surface area contributed by atoms with Crippen molar-refractivity contribution in [2.75, 3.05) is 13.6 Å². The minimum atomic E-state index is -0.906. The van der Waals surface area contributed by atoms with E-state index >= 15 is 0 Å². The molecule has 0 aliphatic heterocycles. The number of nitrogens with one attached hydrogen (secondary N) is 1. The van der Waals surface area contributed by atoms with Crippen LogP contribution in [0.1, 0.15) is 27.9 Å². The van der Waals surface area contributed by atoms with Crippen LogP contribution < -0.4 is 5.32 Å². The first-order chi connectivity index (χ1) is 7.65. The monoisotopic (exact) mass is 217 g/mol. The zero-order valence-corrected chi connectivity index (χ0v) is 9.50. The zero-order chi connectivity index (χ0) is 12.0. The Morgan fingerprint density at radius 2 is 2.25 bits per heavy atom. The first-order valence-corrected chi connectivity index (χ1v) is 5.12. The van der Waals surface area contributed by atoms with Crippen molar-refractivity contribution in [1.82, 2.24) is 5.32 Å². The van der Waals surface area contributed by atoms with Crippen molar-refractivity contribution in [3.63, 3.8) is 0 Å². The molecular formula is C13H15NO2. The Morgan fingerprint density at radius 1 is 1.50 bits per heavy atom. The highest BCUT2D eigenvalue weighted by atomic mass is 16.4. The number of hydrogen-bond acceptors (Lipinski definition) is 2. The predicted molar refractivity (Wildman–Crippen MR) is 63.6 cm³/mol. The highest BCUT2D eigenvalue weighted by Gasteiger charge is 2.06. The lowest BCUT2D eigenvalue weighted by molar-refractivity contribution is 0.0696. The van der Waals surface area contributed by atoms with Crippen molar-refractivity contribution in [1.29, 1.82) is 0 Å². The Bertz CT molecular complexity index is 441. The number of carboxylic acid groups (broad SMARTS) is 1. The Labute approximate surface area is 95.5 Å². The van der Waals surface area contributed by atoms with Crippen LogP contribution in [0.2, 0.25) is 0 Å². The fourth-order valence-electron chi connectivity index (χ4n) is 1.28. The van der Waals surface area contributed by atoms with E-state index < -0.39 is 5.97 Å². The van der Waals surface area contributed by atoms with E-state index in [2.05, 4.69) is 17.2 Å². The lowest BCUT2D eigenvalue weighted by atomic mass is 10.1. The van der Waals surface area contributed by atoms with Crippen molar-refractivity contribution >= 4 is 5.97 Å². The summed E-state index contributed by atoms with van der Waals surface area (Å²) in [6.45, 7) is 2.62. The van der Waals surface area contributed by atoms with Crippen LogP contribution in [0.25, 0.3) is 0 Å². The third-order valence-corrected chi connectivity index (χ3v) is 2.20. The number of rotatable bonds is 3. The van der Waals surface area contributed by atoms with E-state index in [9.17, 15) is 4.79 Å². The molecule has 0 unspecified atom stereocenters. The van der Waals surface area contributed by atoms with E-state index in [0.29, 0.717) is 5.56 Å². The predicted octanol–water partition coefficient (Wildman–Crippen LogP) is 1.65. The van der Waals surface area contributed by atoms with Crippen LogP contribution in [0, 0.1) is 18.8 Å². The summed E-state index contributed by atoms with van der Waals surface area (Å²) < 4.78 is 0. The van der Waals surface area contributed by atoms with Gasteiger partial charge >= 0.3 is 5.97 Å². The second kappa shape index (κ2) is 5.94. The summed E-state index contributed by atoms with van der Waals surface area (Å²) in [6.07, 6.45) is 0.757. The molecule has 0 aliphatic carbocycles. The van der Waals surface area contributed by atoms with Crippen LogP contribution in [-0.4, -0.2) is 24.7 Å². The first-order valence-electron chi connectivity index (χ1n) is 5.12. The molecule has 1 rings (SSSR count). The fourth-order valence-corrected chi connectivity index (χ4v) is 1.28. The van der Waals surface area contributed by atoms with Crippen LogP contribution in [0.15, 0.2) is 18.2 Å². The van der Waals surface area contributed by atoms with Crippen LogP contribution in [0.3, 0.4) is 0 Å². The molecule has 0 fully saturated rings. The quantitative estimate of drug-likeness (QED) is 0.598. The molecule has 2 N–H and O–H groups in total. The molecule has 0 aliphatic rings. The molecule has 0 spiro atoms. The lowest BCUT2D eigenvalue weighted by Gasteiger charge is -2.00. The van der Waals surface area contributed by atoms with Crippen molar-refractivity contribution in [2.45, 2.75) is 13.3 Å². The minimum Gasteiger partial charge on any atom is -0.478 e. The van der Waals surface area contributed by atoms with E-state index in [1.54, 1.807) is 19.1 Å². The molecule has 1 aromatic carbocycles. The molecule has 0 saturated carbocycles. The molecule has 0 radical (unpaired) electrons. The van der Waals surface area contributed by atoms with Gasteiger partial charge in [0.05, 0.1) is 5.56 Å². The van der Waals surface area contributed by atoms with Gasteiger partial charge in [0, 0.05) is 18.5 Å². The number of aryl methyl sites for hydroxylation is 1. The van der Waals surface area contributed by atoms with Gasteiger partial charge in [-0.05, 0) is 31.7 Å². The topological polar surface area (TPSA) is 49.3 Å². The van der Waals surface area contributed by atoms with Gasteiger partial charge in [-0.25, -0.2) is 4.79 Å². The summed E-state index contributed by atoms with van der Waals surface area (Å²) in [5.41, 5.74) is 1.83. The van der Waals surface area contributed by atoms with Crippen LogP contribution in [0.4, 0.5) is 0 Å². The minimum absolute atomic E-state index is 0.320. The molecule has 0 bridgehead atoms. The molecule has 1 aromatic rings. The zero-order valence-electron chi connectivity index (χ0n) is 9.50. The Balaban J connectivity index is 2.85. The van der Waals surface area contributed by atoms with Crippen molar-refractivity contribution in [3.05, 3.63) is 34.9 Å². The molecule has 0 amide bonds. The average Bonchev–Trinajstić information content (AvgIpc) is 2.26. The first kappa shape index (κ1) is 12.3. The fraction of sp³-hybridized carbons (Fsp3) is 0.308. The molecule has 84 valence electrons. The highest BCUT2D eigenvalue weighted by Crippen LogP contribution is 2.10. The molecule has 16 heavy (non-hydrogen) atoms. The maximum atomic E-state index is 10.9. The van der Waals surface area contributed by atoms with Crippen molar-refractivity contribution in [3.8, 4) is 11.8 Å². The SMILES string of the molecule is CNCCC#Cc1ccc(C)c(C(=O)O)c1. The number of hydrogen-bond donors (Lipinski definition) is 2. The lowest BCUT2D eigenvalue weighted by Crippen LogP contribution is -2.05. The van der Waals surface area contributed by atoms with Crippen molar-refractivity contribution < 1.29 is 9.90 Å². The van der Waals surface area contributed by atoms with Crippen molar-refractivity contribution in [2.24, 2.45) is 0 Å². The van der Waals surface area contributed by atoms with Crippen LogP contribution in [-0.2, 0) is 0 Å². The molecule has 3 nitrogen and oxygen atoms in total. The van der Waals surface area contributed by atoms with Gasteiger partial charge < -0.3 is 10.4 Å². The summed E-state index contributed by atoms with van der Waals surface area (Å²) in [4.78, 5) is 10.9. The number of carbonyl (C=O) groups is 1. The van der Waals surface area contributed by atoms with E-state index in [0.717, 1.165) is 24.1 Å². The highest BCUT2D eigenvalue weighted by molar-refractivity contribution is 5.89. The summed E-state index contributed by atoms with van der Waals surface area (Å²) in [7, 11) is 1.87. The standard InChI is InChI=1S/C13H15NO2/c1-10-6-7-11(5-3-4-8-14-2)9-12(10)13(15)16/h6-7,9,14H,4,8H2,1-2H3,(H,15,16). The Morgan fingerprint density at radius 3 is 2.88 bits per heavy atom. The molecule has 0 heterocycles. The number of aromatic carboxylic acids is 1. The number of carboxylic acids is 1. The average molecular weight is 217 g/mol. The van der Waals surface area contributed by atoms with Gasteiger partial charge in [-0.2, -0.15) is 0 Å². The second-order valence-electron chi connectivity index (χ2n) is 3.49.